The Labute approximate surface area is 143 Å². The smallest absolute Gasteiger partial charge is 0.224 e. The summed E-state index contributed by atoms with van der Waals surface area (Å²) in [4.78, 5) is 16.3. The van der Waals surface area contributed by atoms with E-state index in [2.05, 4.69) is 10.3 Å². The van der Waals surface area contributed by atoms with Gasteiger partial charge in [-0.3, -0.25) is 9.78 Å². The van der Waals surface area contributed by atoms with Crippen LogP contribution < -0.4 is 5.32 Å². The molecule has 2 heterocycles. The van der Waals surface area contributed by atoms with Gasteiger partial charge >= 0.3 is 0 Å². The predicted molar refractivity (Wildman–Crippen MR) is 91.4 cm³/mol. The molecule has 0 bridgehead atoms. The van der Waals surface area contributed by atoms with Crippen LogP contribution in [0.15, 0.2) is 24.5 Å². The van der Waals surface area contributed by atoms with Crippen molar-refractivity contribution in [3.05, 3.63) is 30.1 Å². The fourth-order valence-electron chi connectivity index (χ4n) is 3.60. The van der Waals surface area contributed by atoms with E-state index in [1.54, 1.807) is 16.7 Å². The van der Waals surface area contributed by atoms with Crippen molar-refractivity contribution in [2.45, 2.75) is 33.2 Å². The molecule has 1 aliphatic heterocycles. The summed E-state index contributed by atoms with van der Waals surface area (Å²) in [5.41, 5.74) is 0.882. The zero-order valence-electron chi connectivity index (χ0n) is 14.2. The number of carbonyl (C=O) groups is 1. The summed E-state index contributed by atoms with van der Waals surface area (Å²) in [6.45, 7) is 5.35. The molecule has 1 aromatic rings. The zero-order valence-corrected chi connectivity index (χ0v) is 15.1. The largest absolute Gasteiger partial charge is 0.352 e. The van der Waals surface area contributed by atoms with Gasteiger partial charge in [0.05, 0.1) is 5.75 Å². The highest BCUT2D eigenvalue weighted by Crippen LogP contribution is 2.59. The normalized spacial score (nSPS) is 26.9. The molecule has 1 spiro atoms. The summed E-state index contributed by atoms with van der Waals surface area (Å²) in [6.07, 6.45) is 4.99. The van der Waals surface area contributed by atoms with E-state index in [0.717, 1.165) is 18.4 Å². The first-order chi connectivity index (χ1) is 11.3. The van der Waals surface area contributed by atoms with E-state index >= 15 is 0 Å². The molecule has 6 nitrogen and oxygen atoms in total. The highest BCUT2D eigenvalue weighted by Gasteiger charge is 2.61. The van der Waals surface area contributed by atoms with Gasteiger partial charge in [-0.15, -0.1) is 0 Å². The van der Waals surface area contributed by atoms with Crippen LogP contribution in [0.2, 0.25) is 0 Å². The van der Waals surface area contributed by atoms with E-state index in [-0.39, 0.29) is 28.9 Å². The van der Waals surface area contributed by atoms with Crippen molar-refractivity contribution in [3.63, 3.8) is 0 Å². The summed E-state index contributed by atoms with van der Waals surface area (Å²) < 4.78 is 26.3. The van der Waals surface area contributed by atoms with Crippen LogP contribution in [0.3, 0.4) is 0 Å². The minimum Gasteiger partial charge on any atom is -0.352 e. The third kappa shape index (κ3) is 3.62. The molecule has 132 valence electrons. The average molecular weight is 351 g/mol. The Bertz CT molecular complexity index is 705. The molecule has 1 saturated carbocycles. The minimum atomic E-state index is -3.20. The molecule has 2 atom stereocenters. The standard InChI is InChI=1S/C17H25N3O3S/c1-13(2)11-24(22,23)20-8-5-17(12-20)9-15(17)16(21)19-10-14-3-6-18-7-4-14/h3-4,6-7,13,15H,5,8-12H2,1-2H3,(H,19,21)/t15-,17-/m1/s1. The molecule has 1 aliphatic carbocycles. The van der Waals surface area contributed by atoms with Gasteiger partial charge in [-0.1, -0.05) is 13.8 Å². The first kappa shape index (κ1) is 17.4. The van der Waals surface area contributed by atoms with Crippen LogP contribution in [0.4, 0.5) is 0 Å². The van der Waals surface area contributed by atoms with Crippen molar-refractivity contribution in [1.82, 2.24) is 14.6 Å². The Morgan fingerprint density at radius 1 is 1.42 bits per heavy atom. The van der Waals surface area contributed by atoms with Crippen molar-refractivity contribution in [2.24, 2.45) is 17.3 Å². The lowest BCUT2D eigenvalue weighted by Gasteiger charge is -2.18. The third-order valence-electron chi connectivity index (χ3n) is 5.01. The number of nitrogens with zero attached hydrogens (tertiary/aromatic N) is 2. The van der Waals surface area contributed by atoms with Gasteiger partial charge in [-0.25, -0.2) is 12.7 Å². The molecule has 1 N–H and O–H groups in total. The average Bonchev–Trinajstić information content (AvgIpc) is 3.04. The van der Waals surface area contributed by atoms with Gasteiger partial charge in [0.15, 0.2) is 0 Å². The number of sulfonamides is 1. The van der Waals surface area contributed by atoms with Crippen molar-refractivity contribution in [1.29, 1.82) is 0 Å². The molecular formula is C17H25N3O3S. The lowest BCUT2D eigenvalue weighted by atomic mass is 10.0. The first-order valence-corrected chi connectivity index (χ1v) is 10.1. The number of pyridine rings is 1. The Morgan fingerprint density at radius 2 is 2.12 bits per heavy atom. The van der Waals surface area contributed by atoms with E-state index < -0.39 is 10.0 Å². The highest BCUT2D eigenvalue weighted by molar-refractivity contribution is 7.89. The molecule has 1 amide bonds. The van der Waals surface area contributed by atoms with Crippen molar-refractivity contribution >= 4 is 15.9 Å². The molecule has 0 aromatic carbocycles. The van der Waals surface area contributed by atoms with Gasteiger partial charge in [-0.05, 0) is 41.9 Å². The second kappa shape index (κ2) is 6.44. The fourth-order valence-corrected chi connectivity index (χ4v) is 5.48. The van der Waals surface area contributed by atoms with E-state index in [1.807, 2.05) is 26.0 Å². The maximum Gasteiger partial charge on any atom is 0.224 e. The van der Waals surface area contributed by atoms with Crippen LogP contribution >= 0.6 is 0 Å². The van der Waals surface area contributed by atoms with Gasteiger partial charge in [-0.2, -0.15) is 0 Å². The molecule has 0 unspecified atom stereocenters. The minimum absolute atomic E-state index is 0.0370. The SMILES string of the molecule is CC(C)CS(=O)(=O)N1CC[C@@]2(C[C@@H]2C(=O)NCc2ccncc2)C1. The molecule has 3 rings (SSSR count). The molecule has 1 saturated heterocycles. The van der Waals surface area contributed by atoms with Crippen LogP contribution in [0.25, 0.3) is 0 Å². The molecule has 2 fully saturated rings. The van der Waals surface area contributed by atoms with Crippen LogP contribution in [0.1, 0.15) is 32.3 Å². The van der Waals surface area contributed by atoms with E-state index in [0.29, 0.717) is 19.6 Å². The number of nitrogens with one attached hydrogen (secondary N) is 1. The van der Waals surface area contributed by atoms with Gasteiger partial charge < -0.3 is 5.32 Å². The molecule has 1 aromatic heterocycles. The topological polar surface area (TPSA) is 79.4 Å². The van der Waals surface area contributed by atoms with Crippen LogP contribution in [-0.2, 0) is 21.4 Å². The molecule has 0 radical (unpaired) electrons. The highest BCUT2D eigenvalue weighted by atomic mass is 32.2. The van der Waals surface area contributed by atoms with Gasteiger partial charge in [0.2, 0.25) is 15.9 Å². The van der Waals surface area contributed by atoms with Crippen LogP contribution in [0, 0.1) is 17.3 Å². The maximum absolute atomic E-state index is 12.4. The van der Waals surface area contributed by atoms with E-state index in [1.165, 1.54) is 0 Å². The number of hydrogen-bond donors (Lipinski definition) is 1. The Hall–Kier alpha value is -1.47. The predicted octanol–water partition coefficient (Wildman–Crippen LogP) is 1.40. The van der Waals surface area contributed by atoms with Crippen LogP contribution in [-0.4, -0.2) is 42.5 Å². The summed E-state index contributed by atoms with van der Waals surface area (Å²) in [7, 11) is -3.20. The number of rotatable bonds is 6. The summed E-state index contributed by atoms with van der Waals surface area (Å²) in [5, 5.41) is 2.96. The molecule has 7 heteroatoms. The Kier molecular flexibility index (Phi) is 4.66. The Balaban J connectivity index is 1.54. The lowest BCUT2D eigenvalue weighted by molar-refractivity contribution is -0.123. The molecule has 2 aliphatic rings. The summed E-state index contributed by atoms with van der Waals surface area (Å²) >= 11 is 0. The first-order valence-electron chi connectivity index (χ1n) is 8.47. The molecular weight excluding hydrogens is 326 g/mol. The van der Waals surface area contributed by atoms with E-state index in [4.69, 9.17) is 0 Å². The monoisotopic (exact) mass is 351 g/mol. The lowest BCUT2D eigenvalue weighted by Crippen LogP contribution is -2.33. The number of aromatic nitrogens is 1. The maximum atomic E-state index is 12.4. The second-order valence-corrected chi connectivity index (χ2v) is 9.46. The third-order valence-corrected chi connectivity index (χ3v) is 7.20. The van der Waals surface area contributed by atoms with Crippen molar-refractivity contribution < 1.29 is 13.2 Å². The van der Waals surface area contributed by atoms with Crippen molar-refractivity contribution in [2.75, 3.05) is 18.8 Å². The van der Waals surface area contributed by atoms with Gasteiger partial charge in [0.1, 0.15) is 0 Å². The van der Waals surface area contributed by atoms with Crippen LogP contribution in [0.5, 0.6) is 0 Å². The summed E-state index contributed by atoms with van der Waals surface area (Å²) in [5.74, 6) is 0.279. The number of carbonyl (C=O) groups excluding carboxylic acids is 1. The number of hydrogen-bond acceptors (Lipinski definition) is 4. The fraction of sp³-hybridized carbons (Fsp3) is 0.647. The van der Waals surface area contributed by atoms with Gasteiger partial charge in [0.25, 0.3) is 0 Å². The quantitative estimate of drug-likeness (QED) is 0.840. The second-order valence-electron chi connectivity index (χ2n) is 7.45. The van der Waals surface area contributed by atoms with Crippen molar-refractivity contribution in [3.8, 4) is 0 Å². The van der Waals surface area contributed by atoms with Gasteiger partial charge in [0, 0.05) is 37.9 Å². The summed E-state index contributed by atoms with van der Waals surface area (Å²) in [6, 6.07) is 3.75. The number of amides is 1. The zero-order chi connectivity index (χ0) is 17.4. The Morgan fingerprint density at radius 3 is 2.79 bits per heavy atom. The van der Waals surface area contributed by atoms with E-state index in [9.17, 15) is 13.2 Å². The molecule has 24 heavy (non-hydrogen) atoms.